The van der Waals surface area contributed by atoms with E-state index in [9.17, 15) is 35.9 Å². The van der Waals surface area contributed by atoms with Crippen LogP contribution in [0.25, 0.3) is 0 Å². The number of hydrogen-bond acceptors (Lipinski definition) is 3. The Kier molecular flexibility index (Phi) is 10.9. The van der Waals surface area contributed by atoms with Gasteiger partial charge in [-0.1, -0.05) is 91.0 Å². The lowest BCUT2D eigenvalue weighted by Gasteiger charge is -2.40. The third kappa shape index (κ3) is 8.83. The third-order valence-electron chi connectivity index (χ3n) is 8.49. The summed E-state index contributed by atoms with van der Waals surface area (Å²) in [5.74, 6) is -1.25. The molecular weight excluding hydrogens is 632 g/mol. The molecule has 1 fully saturated rings. The van der Waals surface area contributed by atoms with Gasteiger partial charge in [0, 0.05) is 51.3 Å². The highest BCUT2D eigenvalue weighted by Gasteiger charge is 2.38. The molecule has 1 saturated heterocycles. The van der Waals surface area contributed by atoms with E-state index in [1.807, 2.05) is 36.4 Å². The molecule has 0 aromatic heterocycles. The number of nitrogens with zero attached hydrogens (tertiary/aromatic N) is 3. The summed E-state index contributed by atoms with van der Waals surface area (Å²) in [7, 11) is 0. The zero-order valence-corrected chi connectivity index (χ0v) is 26.1. The van der Waals surface area contributed by atoms with Crippen LogP contribution in [0.5, 0.6) is 0 Å². The highest BCUT2D eigenvalue weighted by molar-refractivity contribution is 5.95. The second kappa shape index (κ2) is 15.1. The van der Waals surface area contributed by atoms with Gasteiger partial charge in [0.2, 0.25) is 5.91 Å². The van der Waals surface area contributed by atoms with Crippen LogP contribution >= 0.6 is 0 Å². The summed E-state index contributed by atoms with van der Waals surface area (Å²) < 4.78 is 81.3. The summed E-state index contributed by atoms with van der Waals surface area (Å²) in [6.45, 7) is 1.85. The number of piperazine rings is 1. The first-order valence-corrected chi connectivity index (χ1v) is 15.6. The van der Waals surface area contributed by atoms with Crippen LogP contribution < -0.4 is 0 Å². The molecule has 0 N–H and O–H groups in total. The van der Waals surface area contributed by atoms with Crippen LogP contribution in [-0.4, -0.2) is 65.8 Å². The Morgan fingerprint density at radius 2 is 1.12 bits per heavy atom. The monoisotopic (exact) mass is 667 g/mol. The second-order valence-corrected chi connectivity index (χ2v) is 11.7. The van der Waals surface area contributed by atoms with Gasteiger partial charge in [-0.15, -0.1) is 0 Å². The average molecular weight is 668 g/mol. The van der Waals surface area contributed by atoms with Gasteiger partial charge in [-0.05, 0) is 41.3 Å². The summed E-state index contributed by atoms with van der Waals surface area (Å²) in [6.07, 6.45) is -10.0. The first-order valence-electron chi connectivity index (χ1n) is 15.6. The molecule has 48 heavy (non-hydrogen) atoms. The summed E-state index contributed by atoms with van der Waals surface area (Å²) in [6, 6.07) is 30.0. The fourth-order valence-corrected chi connectivity index (χ4v) is 5.99. The molecule has 4 aromatic carbocycles. The molecule has 5 rings (SSSR count). The fourth-order valence-electron chi connectivity index (χ4n) is 5.99. The number of alkyl halides is 6. The predicted molar refractivity (Wildman–Crippen MR) is 170 cm³/mol. The quantitative estimate of drug-likeness (QED) is 0.163. The van der Waals surface area contributed by atoms with Gasteiger partial charge in [-0.3, -0.25) is 14.5 Å². The van der Waals surface area contributed by atoms with E-state index < -0.39 is 35.0 Å². The van der Waals surface area contributed by atoms with Crippen LogP contribution in [0.4, 0.5) is 26.3 Å². The topological polar surface area (TPSA) is 43.9 Å². The van der Waals surface area contributed by atoms with E-state index in [1.54, 1.807) is 35.2 Å². The van der Waals surface area contributed by atoms with Crippen molar-refractivity contribution >= 4 is 11.8 Å². The molecule has 0 radical (unpaired) electrons. The summed E-state index contributed by atoms with van der Waals surface area (Å²) >= 11 is 0. The van der Waals surface area contributed by atoms with Crippen molar-refractivity contribution in [2.24, 2.45) is 0 Å². The summed E-state index contributed by atoms with van der Waals surface area (Å²) in [4.78, 5) is 32.1. The van der Waals surface area contributed by atoms with E-state index in [1.165, 1.54) is 0 Å². The van der Waals surface area contributed by atoms with Crippen LogP contribution in [-0.2, 0) is 23.6 Å². The van der Waals surface area contributed by atoms with Gasteiger partial charge in [0.05, 0.1) is 17.2 Å². The van der Waals surface area contributed by atoms with Gasteiger partial charge in [-0.25, -0.2) is 0 Å². The van der Waals surface area contributed by atoms with E-state index in [4.69, 9.17) is 0 Å². The lowest BCUT2D eigenvalue weighted by atomic mass is 9.96. The Morgan fingerprint density at radius 1 is 0.646 bits per heavy atom. The van der Waals surface area contributed by atoms with Crippen molar-refractivity contribution in [2.75, 3.05) is 39.3 Å². The van der Waals surface area contributed by atoms with E-state index in [-0.39, 0.29) is 37.5 Å². The van der Waals surface area contributed by atoms with Crippen LogP contribution in [0.2, 0.25) is 0 Å². The van der Waals surface area contributed by atoms with E-state index in [0.29, 0.717) is 44.7 Å². The minimum Gasteiger partial charge on any atom is -0.340 e. The van der Waals surface area contributed by atoms with Gasteiger partial charge in [0.15, 0.2) is 0 Å². The highest BCUT2D eigenvalue weighted by Crippen LogP contribution is 2.37. The molecular formula is C37H35F6N3O2. The minimum atomic E-state index is -5.09. The Morgan fingerprint density at radius 3 is 1.60 bits per heavy atom. The molecule has 2 amide bonds. The van der Waals surface area contributed by atoms with E-state index in [2.05, 4.69) is 29.2 Å². The van der Waals surface area contributed by atoms with E-state index >= 15 is 0 Å². The van der Waals surface area contributed by atoms with Crippen molar-refractivity contribution in [3.8, 4) is 0 Å². The van der Waals surface area contributed by atoms with Crippen molar-refractivity contribution in [3.05, 3.63) is 143 Å². The van der Waals surface area contributed by atoms with Crippen LogP contribution in [0.15, 0.2) is 109 Å². The molecule has 1 aliphatic rings. The molecule has 0 unspecified atom stereocenters. The zero-order valence-electron chi connectivity index (χ0n) is 26.1. The van der Waals surface area contributed by atoms with E-state index in [0.717, 1.165) is 21.6 Å². The number of benzene rings is 4. The number of hydrogen-bond donors (Lipinski definition) is 0. The minimum absolute atomic E-state index is 0.00265. The van der Waals surface area contributed by atoms with Crippen molar-refractivity contribution in [1.29, 1.82) is 0 Å². The van der Waals surface area contributed by atoms with Crippen LogP contribution in [0.1, 0.15) is 50.6 Å². The van der Waals surface area contributed by atoms with Crippen molar-refractivity contribution in [2.45, 2.75) is 31.2 Å². The standard InChI is InChI=1S/C37H35F6N3O2/c38-36(39,40)31-24-30(25-32(26-31)37(41,42)43)35(48)46(18-16-27-10-4-1-5-11-27)19-17-33(47)44-20-22-45(23-21-44)34(28-12-6-2-7-13-28)29-14-8-3-9-15-29/h1-15,24-26,34H,16-23H2. The largest absolute Gasteiger partial charge is 0.416 e. The number of amides is 2. The second-order valence-electron chi connectivity index (χ2n) is 11.7. The first-order chi connectivity index (χ1) is 22.9. The van der Waals surface area contributed by atoms with Gasteiger partial charge in [0.25, 0.3) is 5.91 Å². The van der Waals surface area contributed by atoms with Crippen LogP contribution in [0.3, 0.4) is 0 Å². The van der Waals surface area contributed by atoms with Gasteiger partial charge < -0.3 is 9.80 Å². The lowest BCUT2D eigenvalue weighted by Crippen LogP contribution is -2.50. The average Bonchev–Trinajstić information content (AvgIpc) is 3.09. The normalized spacial score (nSPS) is 14.3. The molecule has 0 bridgehead atoms. The number of carbonyl (C=O) groups is 2. The SMILES string of the molecule is O=C(CCN(CCc1ccccc1)C(=O)c1cc(C(F)(F)F)cc(C(F)(F)F)c1)N1CCN(C(c2ccccc2)c2ccccc2)CC1. The Bertz CT molecular complexity index is 1580. The van der Waals surface area contributed by atoms with Crippen molar-refractivity contribution < 1.29 is 35.9 Å². The Balaban J connectivity index is 1.30. The number of carbonyl (C=O) groups excluding carboxylic acids is 2. The fraction of sp³-hybridized carbons (Fsp3) is 0.297. The molecule has 252 valence electrons. The van der Waals surface area contributed by atoms with Crippen molar-refractivity contribution in [1.82, 2.24) is 14.7 Å². The molecule has 0 atom stereocenters. The molecule has 1 aliphatic heterocycles. The summed E-state index contributed by atoms with van der Waals surface area (Å²) in [5.41, 5.74) is -0.800. The maximum Gasteiger partial charge on any atom is 0.416 e. The molecule has 0 aliphatic carbocycles. The smallest absolute Gasteiger partial charge is 0.340 e. The zero-order chi connectivity index (χ0) is 34.3. The molecule has 0 saturated carbocycles. The third-order valence-corrected chi connectivity index (χ3v) is 8.49. The van der Waals surface area contributed by atoms with Crippen LogP contribution in [0, 0.1) is 0 Å². The maximum atomic E-state index is 13.6. The highest BCUT2D eigenvalue weighted by atomic mass is 19.4. The molecule has 1 heterocycles. The molecule has 5 nitrogen and oxygen atoms in total. The number of rotatable bonds is 10. The Labute approximate surface area is 275 Å². The molecule has 0 spiro atoms. The maximum absolute atomic E-state index is 13.6. The molecule has 4 aromatic rings. The predicted octanol–water partition coefficient (Wildman–Crippen LogP) is 7.73. The Hall–Kier alpha value is -4.64. The summed E-state index contributed by atoms with van der Waals surface area (Å²) in [5, 5.41) is 0. The first kappa shape index (κ1) is 34.7. The van der Waals surface area contributed by atoms with Crippen molar-refractivity contribution in [3.63, 3.8) is 0 Å². The van der Waals surface area contributed by atoms with Gasteiger partial charge in [0.1, 0.15) is 0 Å². The molecule has 11 heteroatoms. The van der Waals surface area contributed by atoms with Gasteiger partial charge in [-0.2, -0.15) is 26.3 Å². The van der Waals surface area contributed by atoms with Gasteiger partial charge >= 0.3 is 12.4 Å². The number of halogens is 6. The lowest BCUT2D eigenvalue weighted by molar-refractivity contribution is -0.143.